The highest BCUT2D eigenvalue weighted by molar-refractivity contribution is 6.34. The molecule has 6 heteroatoms. The lowest BCUT2D eigenvalue weighted by molar-refractivity contribution is -0.160. The van der Waals surface area contributed by atoms with E-state index in [4.69, 9.17) is 4.74 Å². The van der Waals surface area contributed by atoms with Gasteiger partial charge in [0.2, 0.25) is 5.78 Å². The molecule has 2 fully saturated rings. The second kappa shape index (κ2) is 7.98. The van der Waals surface area contributed by atoms with Gasteiger partial charge in [-0.3, -0.25) is 9.59 Å². The zero-order chi connectivity index (χ0) is 23.4. The summed E-state index contributed by atoms with van der Waals surface area (Å²) in [5, 5.41) is 22.2. The lowest BCUT2D eigenvalue weighted by Crippen LogP contribution is -2.56. The van der Waals surface area contributed by atoms with E-state index in [-0.39, 0.29) is 41.8 Å². The summed E-state index contributed by atoms with van der Waals surface area (Å²) in [7, 11) is 0. The summed E-state index contributed by atoms with van der Waals surface area (Å²) in [6, 6.07) is 0. The number of carbonyl (C=O) groups is 3. The van der Waals surface area contributed by atoms with E-state index in [9.17, 15) is 24.6 Å². The van der Waals surface area contributed by atoms with E-state index in [0.29, 0.717) is 12.0 Å². The number of rotatable bonds is 5. The Kier molecular flexibility index (Phi) is 5.73. The minimum absolute atomic E-state index is 0.0230. The highest BCUT2D eigenvalue weighted by atomic mass is 16.5. The Hall–Kier alpha value is -2.21. The highest BCUT2D eigenvalue weighted by Crippen LogP contribution is 2.66. The van der Waals surface area contributed by atoms with Crippen molar-refractivity contribution in [2.24, 2.45) is 40.4 Å². The van der Waals surface area contributed by atoms with Crippen molar-refractivity contribution >= 4 is 17.5 Å². The molecule has 0 heterocycles. The van der Waals surface area contributed by atoms with Crippen LogP contribution in [0.25, 0.3) is 0 Å². The van der Waals surface area contributed by atoms with Gasteiger partial charge in [0.1, 0.15) is 5.76 Å². The zero-order valence-electron chi connectivity index (χ0n) is 19.3. The third-order valence-electron chi connectivity index (χ3n) is 8.69. The number of aliphatic hydroxyl groups is 2. The fourth-order valence-corrected chi connectivity index (χ4v) is 7.33. The van der Waals surface area contributed by atoms with Crippen LogP contribution in [0.2, 0.25) is 0 Å². The molecule has 0 radical (unpaired) electrons. The van der Waals surface area contributed by atoms with Crippen molar-refractivity contribution in [3.8, 4) is 0 Å². The molecule has 174 valence electrons. The third-order valence-corrected chi connectivity index (χ3v) is 8.69. The zero-order valence-corrected chi connectivity index (χ0v) is 19.3. The first-order valence-electron chi connectivity index (χ1n) is 11.8. The molecule has 4 rings (SSSR count). The fraction of sp³-hybridized carbons (Fsp3) is 0.654. The molecule has 4 aliphatic rings. The van der Waals surface area contributed by atoms with Gasteiger partial charge in [0.05, 0.1) is 12.7 Å². The van der Waals surface area contributed by atoms with Crippen molar-refractivity contribution in [2.75, 3.05) is 6.61 Å². The van der Waals surface area contributed by atoms with Gasteiger partial charge in [-0.2, -0.15) is 0 Å². The van der Waals surface area contributed by atoms with Gasteiger partial charge in [-0.25, -0.2) is 4.79 Å². The van der Waals surface area contributed by atoms with Crippen molar-refractivity contribution in [2.45, 2.75) is 59.5 Å². The smallest absolute Gasteiger partial charge is 0.374 e. The lowest BCUT2D eigenvalue weighted by Gasteiger charge is -2.56. The number of aliphatic hydroxyl groups excluding tert-OH is 2. The number of Topliss-reactive ketones (excluding diaryl/α,β-unsaturated/α-hetero) is 1. The van der Waals surface area contributed by atoms with Gasteiger partial charge in [-0.05, 0) is 60.7 Å². The van der Waals surface area contributed by atoms with Crippen LogP contribution in [0.4, 0.5) is 0 Å². The van der Waals surface area contributed by atoms with E-state index < -0.39 is 34.6 Å². The van der Waals surface area contributed by atoms with E-state index in [0.717, 1.165) is 19.3 Å². The number of ketones is 2. The molecule has 0 unspecified atom stereocenters. The molecule has 4 aliphatic carbocycles. The Morgan fingerprint density at radius 1 is 1.28 bits per heavy atom. The summed E-state index contributed by atoms with van der Waals surface area (Å²) < 4.78 is 5.23. The highest BCUT2D eigenvalue weighted by Gasteiger charge is 2.65. The Labute approximate surface area is 189 Å². The molecule has 8 atom stereocenters. The number of ether oxygens (including phenoxy) is 1. The van der Waals surface area contributed by atoms with Crippen molar-refractivity contribution in [3.63, 3.8) is 0 Å². The molecular formula is C26H34O6. The molecule has 2 saturated carbocycles. The molecule has 0 aromatic carbocycles. The topological polar surface area (TPSA) is 101 Å². The fourth-order valence-electron chi connectivity index (χ4n) is 7.33. The van der Waals surface area contributed by atoms with E-state index in [1.165, 1.54) is 12.2 Å². The Morgan fingerprint density at radius 3 is 2.69 bits per heavy atom. The van der Waals surface area contributed by atoms with Crippen LogP contribution < -0.4 is 0 Å². The number of unbranched alkanes of at least 4 members (excludes halogenated alkanes) is 1. The first-order valence-corrected chi connectivity index (χ1v) is 11.8. The third kappa shape index (κ3) is 3.30. The first kappa shape index (κ1) is 23.0. The monoisotopic (exact) mass is 442 g/mol. The predicted molar refractivity (Wildman–Crippen MR) is 118 cm³/mol. The van der Waals surface area contributed by atoms with E-state index >= 15 is 0 Å². The summed E-state index contributed by atoms with van der Waals surface area (Å²) in [5.41, 5.74) is -0.696. The SMILES string of the molecule is CCCCOC(=O)C(=O)[C@H]1[C@H](C)C[C@H]2[C@@H]3C=C(O)C4=CC(=O)C=C[C@]4(C)[C@H]3[C@@H](O)C[C@@]21C. The molecule has 0 bridgehead atoms. The van der Waals surface area contributed by atoms with Gasteiger partial charge in [0.15, 0.2) is 5.78 Å². The molecular weight excluding hydrogens is 408 g/mol. The maximum atomic E-state index is 13.2. The van der Waals surface area contributed by atoms with Gasteiger partial charge >= 0.3 is 5.97 Å². The second-order valence-corrected chi connectivity index (χ2v) is 10.7. The maximum Gasteiger partial charge on any atom is 0.374 e. The van der Waals surface area contributed by atoms with Gasteiger partial charge < -0.3 is 14.9 Å². The average molecular weight is 443 g/mol. The van der Waals surface area contributed by atoms with Crippen LogP contribution in [0.1, 0.15) is 53.4 Å². The van der Waals surface area contributed by atoms with E-state index in [1.54, 1.807) is 6.08 Å². The quantitative estimate of drug-likeness (QED) is 0.382. The Morgan fingerprint density at radius 2 is 2.00 bits per heavy atom. The molecule has 2 N–H and O–H groups in total. The van der Waals surface area contributed by atoms with E-state index in [2.05, 4.69) is 0 Å². The number of carbonyl (C=O) groups excluding carboxylic acids is 3. The van der Waals surface area contributed by atoms with Gasteiger partial charge in [-0.1, -0.05) is 40.2 Å². The van der Waals surface area contributed by atoms with Crippen LogP contribution in [-0.2, 0) is 19.1 Å². The van der Waals surface area contributed by atoms with Crippen molar-refractivity contribution in [1.82, 2.24) is 0 Å². The van der Waals surface area contributed by atoms with Crippen LogP contribution >= 0.6 is 0 Å². The normalized spacial score (nSPS) is 42.3. The number of fused-ring (bicyclic) bond motifs is 5. The minimum Gasteiger partial charge on any atom is -0.508 e. The lowest BCUT2D eigenvalue weighted by atomic mass is 9.48. The molecule has 0 aromatic rings. The molecule has 0 spiro atoms. The summed E-state index contributed by atoms with van der Waals surface area (Å²) >= 11 is 0. The van der Waals surface area contributed by atoms with Crippen LogP contribution in [-0.4, -0.2) is 40.5 Å². The number of hydrogen-bond donors (Lipinski definition) is 2. The second-order valence-electron chi connectivity index (χ2n) is 10.7. The summed E-state index contributed by atoms with van der Waals surface area (Å²) in [4.78, 5) is 37.7. The molecule has 0 aromatic heterocycles. The molecule has 0 saturated heterocycles. The summed E-state index contributed by atoms with van der Waals surface area (Å²) in [6.45, 7) is 8.18. The summed E-state index contributed by atoms with van der Waals surface area (Å²) in [5.74, 6) is -2.30. The van der Waals surface area contributed by atoms with Crippen molar-refractivity contribution in [1.29, 1.82) is 0 Å². The van der Waals surface area contributed by atoms with Crippen LogP contribution in [0.5, 0.6) is 0 Å². The predicted octanol–water partition coefficient (Wildman–Crippen LogP) is 3.70. The van der Waals surface area contributed by atoms with Crippen LogP contribution in [0.15, 0.2) is 35.6 Å². The number of allylic oxidation sites excluding steroid dienone is 5. The number of esters is 1. The van der Waals surface area contributed by atoms with Gasteiger partial charge in [0, 0.05) is 22.8 Å². The minimum atomic E-state index is -0.776. The number of hydrogen-bond acceptors (Lipinski definition) is 6. The molecule has 32 heavy (non-hydrogen) atoms. The average Bonchev–Trinajstić information content (AvgIpc) is 2.98. The first-order chi connectivity index (χ1) is 15.0. The summed E-state index contributed by atoms with van der Waals surface area (Å²) in [6.07, 6.45) is 8.52. The van der Waals surface area contributed by atoms with Crippen LogP contribution in [0, 0.1) is 40.4 Å². The standard InChI is InChI=1S/C26H34O6/c1-5-6-9-32-24(31)23(30)21-14(2)10-17-16-12-19(28)18-11-15(27)7-8-25(18,3)22(16)20(29)13-26(17,21)4/h7-8,11-12,14,16-17,20-22,28-29H,5-6,9-10,13H2,1-4H3/t14-,16+,17+,20+,21-,22-,25+,26+/m1/s1. The van der Waals surface area contributed by atoms with Gasteiger partial charge in [0.25, 0.3) is 0 Å². The Balaban J connectivity index is 1.69. The Bertz CT molecular complexity index is 929. The van der Waals surface area contributed by atoms with E-state index in [1.807, 2.05) is 33.8 Å². The molecule has 6 nitrogen and oxygen atoms in total. The maximum absolute atomic E-state index is 13.2. The molecule has 0 amide bonds. The molecule has 0 aliphatic heterocycles. The van der Waals surface area contributed by atoms with Crippen molar-refractivity contribution < 1.29 is 29.3 Å². The van der Waals surface area contributed by atoms with Crippen molar-refractivity contribution in [3.05, 3.63) is 35.6 Å². The largest absolute Gasteiger partial charge is 0.508 e. The van der Waals surface area contributed by atoms with Crippen LogP contribution in [0.3, 0.4) is 0 Å². The van der Waals surface area contributed by atoms with Gasteiger partial charge in [-0.15, -0.1) is 0 Å².